The largest absolute Gasteiger partial charge is 0.633 e. The number of amides is 1. The molecule has 0 aliphatic carbocycles. The zero-order valence-corrected chi connectivity index (χ0v) is 29.2. The van der Waals surface area contributed by atoms with Crippen LogP contribution in [-0.2, 0) is 25.1 Å². The van der Waals surface area contributed by atoms with Crippen LogP contribution in [0.15, 0.2) is 42.6 Å². The number of carbonyl (C=O) groups excluding carboxylic acids is 1. The summed E-state index contributed by atoms with van der Waals surface area (Å²) in [6.07, 6.45) is 21.3. The molecule has 10 heteroatoms. The molecule has 1 fully saturated rings. The van der Waals surface area contributed by atoms with E-state index in [0.29, 0.717) is 25.9 Å². The minimum absolute atomic E-state index is 0.0992. The molecule has 1 aromatic carbocycles. The summed E-state index contributed by atoms with van der Waals surface area (Å²) in [5, 5.41) is 14.3. The summed E-state index contributed by atoms with van der Waals surface area (Å²) in [7, 11) is -2.91. The highest BCUT2D eigenvalue weighted by Gasteiger charge is 2.34. The topological polar surface area (TPSA) is 113 Å². The number of nitrogens with zero attached hydrogens (tertiary/aromatic N) is 1. The second-order valence-electron chi connectivity index (χ2n) is 12.6. The van der Waals surface area contributed by atoms with Crippen LogP contribution in [0.5, 0.6) is 0 Å². The number of ether oxygens (including phenoxy) is 2. The monoisotopic (exact) mass is 663 g/mol. The van der Waals surface area contributed by atoms with Crippen molar-refractivity contribution in [1.29, 1.82) is 0 Å². The fourth-order valence-electron chi connectivity index (χ4n) is 6.00. The van der Waals surface area contributed by atoms with Gasteiger partial charge in [0.15, 0.2) is 19.3 Å². The van der Waals surface area contributed by atoms with Crippen molar-refractivity contribution in [2.45, 2.75) is 148 Å². The number of pyridine rings is 1. The van der Waals surface area contributed by atoms with Crippen molar-refractivity contribution in [3.8, 4) is 0 Å². The average Bonchev–Trinajstić information content (AvgIpc) is 3.55. The molecule has 4 atom stereocenters. The highest BCUT2D eigenvalue weighted by Crippen LogP contribution is 2.33. The van der Waals surface area contributed by atoms with E-state index in [9.17, 15) is 14.8 Å². The van der Waals surface area contributed by atoms with Gasteiger partial charge in [-0.2, -0.15) is 9.09 Å². The van der Waals surface area contributed by atoms with E-state index >= 15 is 0 Å². The molecule has 1 aliphatic heterocycles. The number of nitrogens with one attached hydrogen (secondary N) is 1. The first-order valence-corrected chi connectivity index (χ1v) is 19.2. The first kappa shape index (κ1) is 38.6. The predicted molar refractivity (Wildman–Crippen MR) is 182 cm³/mol. The standard InChI is InChI=1S/C36H59N2O7P/c1-2-3-4-5-6-7-8-9-10-11-12-13-14-15-16-19-26-37-36(40)42-30-32-24-25-34(44-32)35(39)45-46(41)43-29-28-38-27-20-22-31-21-17-18-23-33(31)38/h17-18,20-23,27,32,34-35,39,46H,2-16,19,24-26,28-30H2,1H3/p+1/t32-,34+,35?/m1/s1. The molecule has 260 valence electrons. The molecular weight excluding hydrogens is 603 g/mol. The summed E-state index contributed by atoms with van der Waals surface area (Å²) in [6, 6.07) is 12.0. The van der Waals surface area contributed by atoms with Crippen LogP contribution < -0.4 is 14.8 Å². The Morgan fingerprint density at radius 2 is 1.54 bits per heavy atom. The lowest BCUT2D eigenvalue weighted by atomic mass is 10.0. The van der Waals surface area contributed by atoms with Crippen LogP contribution in [0, 0.1) is 0 Å². The van der Waals surface area contributed by atoms with Gasteiger partial charge in [-0.15, -0.1) is 0 Å². The van der Waals surface area contributed by atoms with Gasteiger partial charge in [0.25, 0.3) is 0 Å². The van der Waals surface area contributed by atoms with Crippen molar-refractivity contribution in [2.24, 2.45) is 0 Å². The number of hydrogen-bond acceptors (Lipinski definition) is 7. The van der Waals surface area contributed by atoms with Crippen LogP contribution in [0.4, 0.5) is 4.79 Å². The second-order valence-corrected chi connectivity index (χ2v) is 13.6. The molecular formula is C36H60N2O7P+. The lowest BCUT2D eigenvalue weighted by Crippen LogP contribution is -2.36. The Kier molecular flexibility index (Phi) is 20.4. The van der Waals surface area contributed by atoms with E-state index in [-0.39, 0.29) is 19.3 Å². The summed E-state index contributed by atoms with van der Waals surface area (Å²) >= 11 is 0. The minimum Gasteiger partial charge on any atom is -0.633 e. The van der Waals surface area contributed by atoms with Crippen LogP contribution in [0.2, 0.25) is 0 Å². The predicted octanol–water partition coefficient (Wildman–Crippen LogP) is 7.33. The maximum Gasteiger partial charge on any atom is 0.407 e. The highest BCUT2D eigenvalue weighted by atomic mass is 31.2. The van der Waals surface area contributed by atoms with E-state index in [1.54, 1.807) is 0 Å². The van der Waals surface area contributed by atoms with Crippen molar-refractivity contribution in [2.75, 3.05) is 19.8 Å². The Balaban J connectivity index is 1.11. The number of aliphatic hydroxyl groups excluding tert-OH is 1. The Morgan fingerprint density at radius 3 is 2.22 bits per heavy atom. The van der Waals surface area contributed by atoms with Crippen LogP contribution in [0.25, 0.3) is 10.9 Å². The fraction of sp³-hybridized carbons (Fsp3) is 0.722. The first-order chi connectivity index (χ1) is 22.6. The normalized spacial score (nSPS) is 17.7. The summed E-state index contributed by atoms with van der Waals surface area (Å²) in [6.45, 7) is 3.65. The van der Waals surface area contributed by atoms with Crippen LogP contribution in [-0.4, -0.2) is 49.5 Å². The van der Waals surface area contributed by atoms with E-state index in [1.165, 1.54) is 89.9 Å². The van der Waals surface area contributed by atoms with Gasteiger partial charge in [-0.1, -0.05) is 115 Å². The third-order valence-corrected chi connectivity index (χ3v) is 9.59. The molecule has 2 aromatic rings. The molecule has 2 heterocycles. The third kappa shape index (κ3) is 16.3. The molecule has 1 saturated heterocycles. The van der Waals surface area contributed by atoms with Crippen LogP contribution in [0.1, 0.15) is 122 Å². The number of aromatic nitrogens is 1. The van der Waals surface area contributed by atoms with E-state index in [1.807, 2.05) is 47.2 Å². The fourth-order valence-corrected chi connectivity index (χ4v) is 6.68. The van der Waals surface area contributed by atoms with Crippen molar-refractivity contribution in [1.82, 2.24) is 5.32 Å². The summed E-state index contributed by atoms with van der Waals surface area (Å²) in [5.41, 5.74) is 1.05. The lowest BCUT2D eigenvalue weighted by Gasteiger charge is -2.20. The molecule has 3 rings (SSSR count). The molecule has 2 unspecified atom stereocenters. The molecule has 9 nitrogen and oxygen atoms in total. The Morgan fingerprint density at radius 1 is 0.935 bits per heavy atom. The smallest absolute Gasteiger partial charge is 0.407 e. The van der Waals surface area contributed by atoms with Gasteiger partial charge in [-0.3, -0.25) is 0 Å². The van der Waals surface area contributed by atoms with E-state index in [4.69, 9.17) is 18.5 Å². The SMILES string of the molecule is CCCCCCCCCCCCCCCCCCNC(=O)OC[C@H]1CC[C@@H](C(O)O[PH+]([O-])OCC[n+]2cccc3ccccc32)O1. The summed E-state index contributed by atoms with van der Waals surface area (Å²) in [4.78, 5) is 24.4. The van der Waals surface area contributed by atoms with Crippen molar-refractivity contribution in [3.63, 3.8) is 0 Å². The number of alkyl carbamates (subject to hydrolysis) is 1. The van der Waals surface area contributed by atoms with Crippen LogP contribution >= 0.6 is 8.60 Å². The van der Waals surface area contributed by atoms with Gasteiger partial charge in [-0.25, -0.2) is 9.32 Å². The number of hydrogen-bond donors (Lipinski definition) is 2. The quantitative estimate of drug-likeness (QED) is 0.0469. The van der Waals surface area contributed by atoms with Gasteiger partial charge in [0.2, 0.25) is 20.4 Å². The van der Waals surface area contributed by atoms with Crippen LogP contribution in [0.3, 0.4) is 0 Å². The van der Waals surface area contributed by atoms with Gasteiger partial charge in [0.05, 0.1) is 6.10 Å². The minimum atomic E-state index is -2.91. The van der Waals surface area contributed by atoms with E-state index < -0.39 is 27.1 Å². The van der Waals surface area contributed by atoms with Gasteiger partial charge < -0.3 is 24.8 Å². The molecule has 0 radical (unpaired) electrons. The Labute approximate surface area is 278 Å². The molecule has 1 aliphatic rings. The molecule has 0 spiro atoms. The molecule has 1 aromatic heterocycles. The molecule has 2 N–H and O–H groups in total. The second kappa shape index (κ2) is 24.3. The number of benzene rings is 1. The van der Waals surface area contributed by atoms with Crippen molar-refractivity contribution < 1.29 is 37.9 Å². The number of unbranched alkanes of at least 4 members (excludes halogenated alkanes) is 15. The highest BCUT2D eigenvalue weighted by molar-refractivity contribution is 7.39. The third-order valence-electron chi connectivity index (χ3n) is 8.72. The van der Waals surface area contributed by atoms with E-state index in [2.05, 4.69) is 12.2 Å². The lowest BCUT2D eigenvalue weighted by molar-refractivity contribution is -0.672. The van der Waals surface area contributed by atoms with Gasteiger partial charge in [0.1, 0.15) is 12.7 Å². The Hall–Kier alpha value is -1.87. The maximum absolute atomic E-state index is 12.3. The number of para-hydroxylation sites is 1. The maximum atomic E-state index is 12.3. The summed E-state index contributed by atoms with van der Waals surface area (Å²) < 4.78 is 23.7. The zero-order valence-electron chi connectivity index (χ0n) is 28.2. The number of aliphatic hydroxyl groups is 1. The molecule has 1 amide bonds. The van der Waals surface area contributed by atoms with Crippen molar-refractivity contribution >= 4 is 25.6 Å². The van der Waals surface area contributed by atoms with Crippen molar-refractivity contribution in [3.05, 3.63) is 42.6 Å². The molecule has 0 bridgehead atoms. The number of fused-ring (bicyclic) bond motifs is 1. The van der Waals surface area contributed by atoms with E-state index in [0.717, 1.165) is 23.7 Å². The molecule has 0 saturated carbocycles. The Bertz CT molecular complexity index is 1070. The number of carbonyl (C=O) groups is 1. The van der Waals surface area contributed by atoms with Gasteiger partial charge in [-0.05, 0) is 31.4 Å². The zero-order chi connectivity index (χ0) is 32.7. The van der Waals surface area contributed by atoms with Gasteiger partial charge >= 0.3 is 6.09 Å². The average molecular weight is 664 g/mol. The summed E-state index contributed by atoms with van der Waals surface area (Å²) in [5.74, 6) is 0. The van der Waals surface area contributed by atoms with Gasteiger partial charge in [0, 0.05) is 24.1 Å². The number of rotatable bonds is 26. The molecule has 46 heavy (non-hydrogen) atoms. The first-order valence-electron chi connectivity index (χ1n) is 18.0.